The summed E-state index contributed by atoms with van der Waals surface area (Å²) < 4.78 is 2.37. The predicted octanol–water partition coefficient (Wildman–Crippen LogP) is 10.9. The molecule has 2 heterocycles. The third-order valence-electron chi connectivity index (χ3n) is 9.76. The number of para-hydroxylation sites is 2. The predicted molar refractivity (Wildman–Crippen MR) is 190 cm³/mol. The highest BCUT2D eigenvalue weighted by Gasteiger charge is 2.35. The second kappa shape index (κ2) is 10.1. The number of nitrogens with zero attached hydrogens (tertiary/aromatic N) is 3. The van der Waals surface area contributed by atoms with Crippen LogP contribution in [0.3, 0.4) is 0 Å². The van der Waals surface area contributed by atoms with Gasteiger partial charge in [-0.05, 0) is 87.0 Å². The summed E-state index contributed by atoms with van der Waals surface area (Å²) in [5, 5.41) is 2.56. The van der Waals surface area contributed by atoms with Crippen LogP contribution in [0.25, 0.3) is 72.3 Å². The van der Waals surface area contributed by atoms with Crippen molar-refractivity contribution in [3.05, 3.63) is 163 Å². The Labute approximate surface area is 268 Å². The first-order valence-electron chi connectivity index (χ1n) is 15.8. The van der Waals surface area contributed by atoms with Crippen molar-refractivity contribution < 1.29 is 0 Å². The van der Waals surface area contributed by atoms with Gasteiger partial charge in [0.15, 0.2) is 5.82 Å². The fourth-order valence-corrected chi connectivity index (χ4v) is 7.36. The van der Waals surface area contributed by atoms with Crippen LogP contribution < -0.4 is 0 Å². The first-order chi connectivity index (χ1) is 22.6. The summed E-state index contributed by atoms with van der Waals surface area (Å²) in [4.78, 5) is 8.79. The van der Waals surface area contributed by atoms with Gasteiger partial charge in [0.2, 0.25) is 0 Å². The molecule has 0 aliphatic heterocycles. The van der Waals surface area contributed by atoms with E-state index in [0.717, 1.165) is 11.4 Å². The molecule has 9 rings (SSSR count). The Hall–Kier alpha value is -5.80. The first-order valence-corrected chi connectivity index (χ1v) is 15.8. The molecule has 0 atom stereocenters. The van der Waals surface area contributed by atoms with Crippen molar-refractivity contribution in [1.29, 1.82) is 0 Å². The molecule has 8 aromatic rings. The fraction of sp³-hybridized carbons (Fsp3) is 0.0698. The lowest BCUT2D eigenvalue weighted by Crippen LogP contribution is -2.15. The topological polar surface area (TPSA) is 30.7 Å². The lowest BCUT2D eigenvalue weighted by Gasteiger charge is -2.22. The van der Waals surface area contributed by atoms with E-state index in [1.54, 1.807) is 12.4 Å². The summed E-state index contributed by atoms with van der Waals surface area (Å²) in [5.74, 6) is 0.747. The molecule has 0 radical (unpaired) electrons. The number of rotatable bonds is 4. The minimum atomic E-state index is -0.114. The summed E-state index contributed by atoms with van der Waals surface area (Å²) in [6.07, 6.45) is 3.56. The smallest absolute Gasteiger partial charge is 0.159 e. The lowest BCUT2D eigenvalue weighted by molar-refractivity contribution is 0.661. The summed E-state index contributed by atoms with van der Waals surface area (Å²) in [6, 6.07) is 50.7. The van der Waals surface area contributed by atoms with Crippen LogP contribution in [0, 0.1) is 0 Å². The van der Waals surface area contributed by atoms with E-state index in [4.69, 9.17) is 0 Å². The molecule has 1 aliphatic carbocycles. The molecule has 0 N–H and O–H groups in total. The van der Waals surface area contributed by atoms with Crippen LogP contribution in [0.15, 0.2) is 152 Å². The number of hydrogen-bond donors (Lipinski definition) is 0. The van der Waals surface area contributed by atoms with Gasteiger partial charge in [0.05, 0.1) is 11.0 Å². The zero-order valence-corrected chi connectivity index (χ0v) is 25.8. The van der Waals surface area contributed by atoms with Gasteiger partial charge in [-0.3, -0.25) is 0 Å². The second-order valence-electron chi connectivity index (χ2n) is 12.7. The standard InChI is InChI=1S/C43H31N3/c1-43(2)38-26-31(28-12-14-30(15-13-28)42-44-24-7-25-45-42)18-22-34(38)35-23-19-32(27-39(35)43)29-16-20-33(21-17-29)46-40-10-5-3-8-36(40)37-9-4-6-11-41(37)46/h3-27H,1-2H3. The molecule has 6 aromatic carbocycles. The van der Waals surface area contributed by atoms with E-state index in [0.29, 0.717) is 0 Å². The molecular weight excluding hydrogens is 558 g/mol. The molecule has 46 heavy (non-hydrogen) atoms. The molecule has 0 saturated carbocycles. The molecule has 3 heteroatoms. The molecule has 0 bridgehead atoms. The number of aromatic nitrogens is 3. The van der Waals surface area contributed by atoms with Gasteiger partial charge >= 0.3 is 0 Å². The number of benzene rings is 6. The van der Waals surface area contributed by atoms with E-state index in [-0.39, 0.29) is 5.41 Å². The minimum absolute atomic E-state index is 0.114. The van der Waals surface area contributed by atoms with Crippen molar-refractivity contribution in [2.45, 2.75) is 19.3 Å². The molecule has 0 fully saturated rings. The van der Waals surface area contributed by atoms with Gasteiger partial charge in [-0.2, -0.15) is 0 Å². The van der Waals surface area contributed by atoms with Gasteiger partial charge in [0.25, 0.3) is 0 Å². The van der Waals surface area contributed by atoms with Gasteiger partial charge in [0.1, 0.15) is 0 Å². The average molecular weight is 590 g/mol. The zero-order chi connectivity index (χ0) is 30.8. The average Bonchev–Trinajstić information content (AvgIpc) is 3.57. The third-order valence-corrected chi connectivity index (χ3v) is 9.76. The van der Waals surface area contributed by atoms with E-state index in [2.05, 4.69) is 162 Å². The van der Waals surface area contributed by atoms with Gasteiger partial charge in [-0.15, -0.1) is 0 Å². The Morgan fingerprint density at radius 1 is 0.457 bits per heavy atom. The maximum atomic E-state index is 4.39. The van der Waals surface area contributed by atoms with Gasteiger partial charge in [-0.25, -0.2) is 9.97 Å². The third kappa shape index (κ3) is 4.05. The summed E-state index contributed by atoms with van der Waals surface area (Å²) in [5.41, 5.74) is 14.8. The quantitative estimate of drug-likeness (QED) is 0.204. The van der Waals surface area contributed by atoms with Crippen LogP contribution in [-0.2, 0) is 5.41 Å². The molecule has 3 nitrogen and oxygen atoms in total. The van der Waals surface area contributed by atoms with Crippen molar-refractivity contribution in [3.63, 3.8) is 0 Å². The maximum Gasteiger partial charge on any atom is 0.159 e. The number of fused-ring (bicyclic) bond motifs is 6. The normalized spacial score (nSPS) is 13.2. The molecule has 1 aliphatic rings. The Bertz CT molecular complexity index is 2360. The summed E-state index contributed by atoms with van der Waals surface area (Å²) in [7, 11) is 0. The van der Waals surface area contributed by atoms with E-state index >= 15 is 0 Å². The van der Waals surface area contributed by atoms with Crippen molar-refractivity contribution >= 4 is 21.8 Å². The zero-order valence-electron chi connectivity index (χ0n) is 25.8. The van der Waals surface area contributed by atoms with Crippen LogP contribution in [0.2, 0.25) is 0 Å². The Morgan fingerprint density at radius 2 is 0.913 bits per heavy atom. The SMILES string of the molecule is CC1(C)c2cc(-c3ccc(-c4ncccn4)cc3)ccc2-c2ccc(-c3ccc(-n4c5ccccc5c5ccccc54)cc3)cc21. The van der Waals surface area contributed by atoms with E-state index in [1.165, 1.54) is 72.0 Å². The van der Waals surface area contributed by atoms with Gasteiger partial charge in [0, 0.05) is 39.8 Å². The van der Waals surface area contributed by atoms with Crippen LogP contribution >= 0.6 is 0 Å². The van der Waals surface area contributed by atoms with Gasteiger partial charge < -0.3 is 4.57 Å². The molecule has 2 aromatic heterocycles. The fourth-order valence-electron chi connectivity index (χ4n) is 7.36. The molecule has 0 saturated heterocycles. The highest BCUT2D eigenvalue weighted by Crippen LogP contribution is 2.50. The monoisotopic (exact) mass is 589 g/mol. The number of hydrogen-bond acceptors (Lipinski definition) is 2. The minimum Gasteiger partial charge on any atom is -0.309 e. The highest BCUT2D eigenvalue weighted by molar-refractivity contribution is 6.09. The van der Waals surface area contributed by atoms with Crippen LogP contribution in [0.5, 0.6) is 0 Å². The van der Waals surface area contributed by atoms with Crippen molar-refractivity contribution in [2.75, 3.05) is 0 Å². The summed E-state index contributed by atoms with van der Waals surface area (Å²) >= 11 is 0. The molecule has 0 amide bonds. The second-order valence-corrected chi connectivity index (χ2v) is 12.7. The van der Waals surface area contributed by atoms with Gasteiger partial charge in [-0.1, -0.05) is 111 Å². The Kier molecular flexibility index (Phi) is 5.85. The van der Waals surface area contributed by atoms with E-state index in [9.17, 15) is 0 Å². The van der Waals surface area contributed by atoms with Crippen molar-refractivity contribution in [2.24, 2.45) is 0 Å². The van der Waals surface area contributed by atoms with E-state index in [1.807, 2.05) is 6.07 Å². The molecule has 218 valence electrons. The molecule has 0 spiro atoms. The Balaban J connectivity index is 1.05. The van der Waals surface area contributed by atoms with Crippen LogP contribution in [-0.4, -0.2) is 14.5 Å². The maximum absolute atomic E-state index is 4.39. The largest absolute Gasteiger partial charge is 0.309 e. The first kappa shape index (κ1) is 26.6. The molecular formula is C43H31N3. The highest BCUT2D eigenvalue weighted by atomic mass is 15.0. The summed E-state index contributed by atoms with van der Waals surface area (Å²) in [6.45, 7) is 4.71. The molecule has 0 unspecified atom stereocenters. The van der Waals surface area contributed by atoms with Crippen LogP contribution in [0.4, 0.5) is 0 Å². The van der Waals surface area contributed by atoms with Crippen molar-refractivity contribution in [3.8, 4) is 50.5 Å². The van der Waals surface area contributed by atoms with Crippen LogP contribution in [0.1, 0.15) is 25.0 Å². The van der Waals surface area contributed by atoms with E-state index < -0.39 is 0 Å². The Morgan fingerprint density at radius 3 is 1.46 bits per heavy atom. The lowest BCUT2D eigenvalue weighted by atomic mass is 9.81. The van der Waals surface area contributed by atoms with Crippen molar-refractivity contribution in [1.82, 2.24) is 14.5 Å².